The van der Waals surface area contributed by atoms with Gasteiger partial charge < -0.3 is 14.7 Å². The van der Waals surface area contributed by atoms with Gasteiger partial charge in [-0.1, -0.05) is 0 Å². The van der Waals surface area contributed by atoms with E-state index >= 15 is 0 Å². The molecule has 1 spiro atoms. The maximum Gasteiger partial charge on any atom is 0.223 e. The molecular formula is C15H25N3O2. The highest BCUT2D eigenvalue weighted by atomic mass is 16.2. The van der Waals surface area contributed by atoms with Gasteiger partial charge in [-0.25, -0.2) is 0 Å². The van der Waals surface area contributed by atoms with Crippen LogP contribution >= 0.6 is 0 Å². The summed E-state index contributed by atoms with van der Waals surface area (Å²) in [6.07, 6.45) is 3.28. The Hall–Kier alpha value is -1.10. The monoisotopic (exact) mass is 279 g/mol. The van der Waals surface area contributed by atoms with Crippen molar-refractivity contribution >= 4 is 11.8 Å². The Bertz CT molecular complexity index is 421. The van der Waals surface area contributed by atoms with Gasteiger partial charge in [0.05, 0.1) is 0 Å². The van der Waals surface area contributed by atoms with Crippen LogP contribution in [0.25, 0.3) is 0 Å². The second kappa shape index (κ2) is 5.02. The maximum absolute atomic E-state index is 12.0. The quantitative estimate of drug-likeness (QED) is 0.735. The van der Waals surface area contributed by atoms with E-state index in [2.05, 4.69) is 4.90 Å². The molecule has 20 heavy (non-hydrogen) atoms. The molecule has 2 aliphatic heterocycles. The van der Waals surface area contributed by atoms with Crippen molar-refractivity contribution in [3.63, 3.8) is 0 Å². The molecule has 3 aliphatic rings. The van der Waals surface area contributed by atoms with E-state index in [9.17, 15) is 9.59 Å². The molecular weight excluding hydrogens is 254 g/mol. The van der Waals surface area contributed by atoms with Crippen LogP contribution in [-0.2, 0) is 9.59 Å². The van der Waals surface area contributed by atoms with E-state index in [0.717, 1.165) is 45.2 Å². The second-order valence-electron chi connectivity index (χ2n) is 7.05. The van der Waals surface area contributed by atoms with Crippen LogP contribution in [0.4, 0.5) is 0 Å². The van der Waals surface area contributed by atoms with Gasteiger partial charge in [0.1, 0.15) is 0 Å². The molecule has 5 heteroatoms. The van der Waals surface area contributed by atoms with Crippen LogP contribution in [0.2, 0.25) is 0 Å². The molecule has 2 heterocycles. The summed E-state index contributed by atoms with van der Waals surface area (Å²) in [5.41, 5.74) is -0.0527. The summed E-state index contributed by atoms with van der Waals surface area (Å²) in [7, 11) is 1.88. The summed E-state index contributed by atoms with van der Waals surface area (Å²) >= 11 is 0. The van der Waals surface area contributed by atoms with Crippen LogP contribution < -0.4 is 0 Å². The smallest absolute Gasteiger partial charge is 0.223 e. The number of carbonyl (C=O) groups is 2. The van der Waals surface area contributed by atoms with E-state index < -0.39 is 0 Å². The maximum atomic E-state index is 12.0. The van der Waals surface area contributed by atoms with Crippen molar-refractivity contribution in [2.45, 2.75) is 26.2 Å². The lowest BCUT2D eigenvalue weighted by atomic mass is 9.86. The van der Waals surface area contributed by atoms with Gasteiger partial charge in [-0.2, -0.15) is 0 Å². The normalized spacial score (nSPS) is 32.0. The average Bonchev–Trinajstić information content (AvgIpc) is 3.13. The third kappa shape index (κ3) is 2.82. The molecule has 3 fully saturated rings. The SMILES string of the molecule is CC(=O)N1CCN(CC2CC2)CC2(CC(=O)N(C)C2)C1. The Balaban J connectivity index is 1.77. The van der Waals surface area contributed by atoms with Gasteiger partial charge >= 0.3 is 0 Å². The Kier molecular flexibility index (Phi) is 3.48. The first-order chi connectivity index (χ1) is 9.47. The first-order valence-corrected chi connectivity index (χ1v) is 7.69. The zero-order valence-corrected chi connectivity index (χ0v) is 12.6. The molecule has 0 aromatic rings. The topological polar surface area (TPSA) is 43.9 Å². The lowest BCUT2D eigenvalue weighted by Gasteiger charge is -2.33. The molecule has 0 aromatic carbocycles. The molecule has 5 nitrogen and oxygen atoms in total. The predicted molar refractivity (Wildman–Crippen MR) is 76.1 cm³/mol. The molecule has 2 amide bonds. The van der Waals surface area contributed by atoms with Crippen molar-refractivity contribution < 1.29 is 9.59 Å². The third-order valence-corrected chi connectivity index (χ3v) is 4.95. The highest BCUT2D eigenvalue weighted by molar-refractivity contribution is 5.79. The van der Waals surface area contributed by atoms with Crippen LogP contribution in [-0.4, -0.2) is 72.8 Å². The Labute approximate surface area is 120 Å². The minimum Gasteiger partial charge on any atom is -0.345 e. The number of rotatable bonds is 2. The molecule has 1 aliphatic carbocycles. The van der Waals surface area contributed by atoms with Crippen LogP contribution in [0, 0.1) is 11.3 Å². The first-order valence-electron chi connectivity index (χ1n) is 7.69. The molecule has 112 valence electrons. The van der Waals surface area contributed by atoms with Crippen molar-refractivity contribution in [2.75, 3.05) is 46.3 Å². The molecule has 3 rings (SSSR count). The van der Waals surface area contributed by atoms with Crippen molar-refractivity contribution in [3.05, 3.63) is 0 Å². The van der Waals surface area contributed by atoms with Gasteiger partial charge in [0.15, 0.2) is 0 Å². The van der Waals surface area contributed by atoms with Crippen LogP contribution in [0.1, 0.15) is 26.2 Å². The fourth-order valence-electron chi connectivity index (χ4n) is 3.75. The minimum atomic E-state index is -0.0527. The van der Waals surface area contributed by atoms with Gasteiger partial charge in [0.2, 0.25) is 11.8 Å². The summed E-state index contributed by atoms with van der Waals surface area (Å²) in [5.74, 6) is 1.21. The largest absolute Gasteiger partial charge is 0.345 e. The van der Waals surface area contributed by atoms with Gasteiger partial charge in [0, 0.05) is 65.1 Å². The highest BCUT2D eigenvalue weighted by Crippen LogP contribution is 2.36. The van der Waals surface area contributed by atoms with E-state index in [-0.39, 0.29) is 17.2 Å². The average molecular weight is 279 g/mol. The Morgan fingerprint density at radius 3 is 2.55 bits per heavy atom. The lowest BCUT2D eigenvalue weighted by Crippen LogP contribution is -2.44. The van der Waals surface area contributed by atoms with E-state index in [0.29, 0.717) is 6.42 Å². The number of amides is 2. The van der Waals surface area contributed by atoms with E-state index in [1.165, 1.54) is 12.8 Å². The summed E-state index contributed by atoms with van der Waals surface area (Å²) < 4.78 is 0. The summed E-state index contributed by atoms with van der Waals surface area (Å²) in [6, 6.07) is 0. The van der Waals surface area contributed by atoms with Gasteiger partial charge in [-0.15, -0.1) is 0 Å². The summed E-state index contributed by atoms with van der Waals surface area (Å²) in [4.78, 5) is 30.1. The summed E-state index contributed by atoms with van der Waals surface area (Å²) in [5, 5.41) is 0. The molecule has 1 atom stereocenters. The first kappa shape index (κ1) is 13.9. The van der Waals surface area contributed by atoms with Crippen LogP contribution in [0.15, 0.2) is 0 Å². The number of hydrogen-bond donors (Lipinski definition) is 0. The van der Waals surface area contributed by atoms with Gasteiger partial charge in [-0.3, -0.25) is 9.59 Å². The molecule has 0 radical (unpaired) electrons. The van der Waals surface area contributed by atoms with E-state index in [1.807, 2.05) is 16.8 Å². The zero-order valence-electron chi connectivity index (χ0n) is 12.6. The van der Waals surface area contributed by atoms with Gasteiger partial charge in [0.25, 0.3) is 0 Å². The summed E-state index contributed by atoms with van der Waals surface area (Å²) in [6.45, 7) is 7.04. The zero-order chi connectivity index (χ0) is 14.3. The molecule has 1 unspecified atom stereocenters. The fraction of sp³-hybridized carbons (Fsp3) is 0.867. The molecule has 0 bridgehead atoms. The van der Waals surface area contributed by atoms with Crippen molar-refractivity contribution in [2.24, 2.45) is 11.3 Å². The number of hydrogen-bond acceptors (Lipinski definition) is 3. The van der Waals surface area contributed by atoms with Gasteiger partial charge in [-0.05, 0) is 18.8 Å². The van der Waals surface area contributed by atoms with Crippen LogP contribution in [0.5, 0.6) is 0 Å². The minimum absolute atomic E-state index is 0.0527. The third-order valence-electron chi connectivity index (χ3n) is 4.95. The Morgan fingerprint density at radius 2 is 2.00 bits per heavy atom. The van der Waals surface area contributed by atoms with Crippen molar-refractivity contribution in [1.29, 1.82) is 0 Å². The number of nitrogens with zero attached hydrogens (tertiary/aromatic N) is 3. The molecule has 2 saturated heterocycles. The standard InChI is InChI=1S/C15H25N3O2/c1-12(19)18-6-5-17(8-13-3-4-13)10-15(11-18)7-14(20)16(2)9-15/h13H,3-11H2,1-2H3. The van der Waals surface area contributed by atoms with Crippen LogP contribution in [0.3, 0.4) is 0 Å². The van der Waals surface area contributed by atoms with Crippen molar-refractivity contribution in [3.8, 4) is 0 Å². The molecule has 0 N–H and O–H groups in total. The Morgan fingerprint density at radius 1 is 1.25 bits per heavy atom. The lowest BCUT2D eigenvalue weighted by molar-refractivity contribution is -0.130. The molecule has 1 saturated carbocycles. The van der Waals surface area contributed by atoms with E-state index in [1.54, 1.807) is 6.92 Å². The molecule has 0 aromatic heterocycles. The fourth-order valence-corrected chi connectivity index (χ4v) is 3.75. The second-order valence-corrected chi connectivity index (χ2v) is 7.05. The van der Waals surface area contributed by atoms with E-state index in [4.69, 9.17) is 0 Å². The number of carbonyl (C=O) groups excluding carboxylic acids is 2. The van der Waals surface area contributed by atoms with Crippen molar-refractivity contribution in [1.82, 2.24) is 14.7 Å². The highest BCUT2D eigenvalue weighted by Gasteiger charge is 2.46. The predicted octanol–water partition coefficient (Wildman–Crippen LogP) is 0.409. The number of likely N-dealkylation sites (tertiary alicyclic amines) is 1.